The van der Waals surface area contributed by atoms with Crippen molar-refractivity contribution in [1.29, 1.82) is 0 Å². The summed E-state index contributed by atoms with van der Waals surface area (Å²) in [4.78, 5) is 26.3. The predicted octanol–water partition coefficient (Wildman–Crippen LogP) is 1.39. The summed E-state index contributed by atoms with van der Waals surface area (Å²) < 4.78 is 0. The number of aliphatic carboxylic acids is 1. The molecule has 0 radical (unpaired) electrons. The van der Waals surface area contributed by atoms with Gasteiger partial charge in [0.05, 0.1) is 0 Å². The first-order valence-corrected chi connectivity index (χ1v) is 5.90. The largest absolute Gasteiger partial charge is 0.480 e. The summed E-state index contributed by atoms with van der Waals surface area (Å²) >= 11 is 0. The van der Waals surface area contributed by atoms with E-state index >= 15 is 0 Å². The highest BCUT2D eigenvalue weighted by Gasteiger charge is 2.33. The van der Waals surface area contributed by atoms with Gasteiger partial charge in [-0.25, -0.2) is 9.59 Å². The van der Waals surface area contributed by atoms with Gasteiger partial charge in [-0.2, -0.15) is 0 Å². The Hall–Kier alpha value is -1.26. The lowest BCUT2D eigenvalue weighted by molar-refractivity contribution is -0.143. The second-order valence-corrected chi connectivity index (χ2v) is 4.00. The van der Waals surface area contributed by atoms with Gasteiger partial charge < -0.3 is 14.9 Å². The van der Waals surface area contributed by atoms with Crippen LogP contribution >= 0.6 is 0 Å². The Bertz CT molecular complexity index is 264. The summed E-state index contributed by atoms with van der Waals surface area (Å²) in [5.41, 5.74) is 0. The average molecular weight is 228 g/mol. The summed E-state index contributed by atoms with van der Waals surface area (Å²) in [5, 5.41) is 9.07. The number of likely N-dealkylation sites (tertiary alicyclic amines) is 1. The lowest BCUT2D eigenvalue weighted by atomic mass is 10.0. The minimum absolute atomic E-state index is 0.142. The van der Waals surface area contributed by atoms with Crippen molar-refractivity contribution in [2.45, 2.75) is 39.2 Å². The molecule has 1 aliphatic rings. The van der Waals surface area contributed by atoms with Crippen LogP contribution in [0.25, 0.3) is 0 Å². The number of rotatable bonds is 3. The van der Waals surface area contributed by atoms with E-state index in [0.717, 1.165) is 12.8 Å². The van der Waals surface area contributed by atoms with E-state index in [-0.39, 0.29) is 6.03 Å². The number of urea groups is 1. The van der Waals surface area contributed by atoms with E-state index in [9.17, 15) is 9.59 Å². The van der Waals surface area contributed by atoms with E-state index in [2.05, 4.69) is 0 Å². The molecule has 0 unspecified atom stereocenters. The smallest absolute Gasteiger partial charge is 0.326 e. The van der Waals surface area contributed by atoms with Crippen molar-refractivity contribution in [3.8, 4) is 0 Å². The quantitative estimate of drug-likeness (QED) is 0.794. The summed E-state index contributed by atoms with van der Waals surface area (Å²) in [6, 6.07) is -0.779. The third-order valence-corrected chi connectivity index (χ3v) is 3.07. The molecule has 1 aliphatic heterocycles. The zero-order valence-corrected chi connectivity index (χ0v) is 9.98. The normalized spacial score (nSPS) is 20.6. The van der Waals surface area contributed by atoms with Gasteiger partial charge in [0, 0.05) is 19.6 Å². The molecule has 1 N–H and O–H groups in total. The summed E-state index contributed by atoms with van der Waals surface area (Å²) in [7, 11) is 0. The molecule has 16 heavy (non-hydrogen) atoms. The van der Waals surface area contributed by atoms with Crippen LogP contribution in [0.3, 0.4) is 0 Å². The number of carboxylic acids is 1. The maximum Gasteiger partial charge on any atom is 0.326 e. The summed E-state index contributed by atoms with van der Waals surface area (Å²) in [6.45, 7) is 5.62. The number of piperidine rings is 1. The first kappa shape index (κ1) is 12.8. The monoisotopic (exact) mass is 228 g/mol. The van der Waals surface area contributed by atoms with Crippen LogP contribution in [-0.4, -0.2) is 52.6 Å². The van der Waals surface area contributed by atoms with Gasteiger partial charge in [0.15, 0.2) is 0 Å². The Morgan fingerprint density at radius 1 is 1.31 bits per heavy atom. The van der Waals surface area contributed by atoms with Crippen LogP contribution in [0.5, 0.6) is 0 Å². The number of hydrogen-bond acceptors (Lipinski definition) is 2. The Morgan fingerprint density at radius 3 is 2.44 bits per heavy atom. The van der Waals surface area contributed by atoms with Crippen molar-refractivity contribution in [2.24, 2.45) is 0 Å². The van der Waals surface area contributed by atoms with Gasteiger partial charge in [0.1, 0.15) is 6.04 Å². The summed E-state index contributed by atoms with van der Waals surface area (Å²) in [6.07, 6.45) is 2.36. The molecule has 0 bridgehead atoms. The molecule has 1 fully saturated rings. The fraction of sp³-hybridized carbons (Fsp3) is 0.818. The minimum atomic E-state index is -0.889. The molecule has 0 saturated carbocycles. The SMILES string of the molecule is CCN(CC)C(=O)N1CCCC[C@@H]1C(=O)O. The molecule has 0 aromatic rings. The van der Waals surface area contributed by atoms with E-state index in [4.69, 9.17) is 5.11 Å². The van der Waals surface area contributed by atoms with Crippen LogP contribution in [0.4, 0.5) is 4.79 Å². The van der Waals surface area contributed by atoms with Crippen molar-refractivity contribution in [3.05, 3.63) is 0 Å². The number of nitrogens with zero attached hydrogens (tertiary/aromatic N) is 2. The van der Waals surface area contributed by atoms with Crippen LogP contribution in [0.2, 0.25) is 0 Å². The highest BCUT2D eigenvalue weighted by atomic mass is 16.4. The van der Waals surface area contributed by atoms with Gasteiger partial charge in [0.25, 0.3) is 0 Å². The molecule has 1 saturated heterocycles. The molecule has 5 heteroatoms. The van der Waals surface area contributed by atoms with Gasteiger partial charge in [-0.1, -0.05) is 0 Å². The van der Waals surface area contributed by atoms with Crippen molar-refractivity contribution in [1.82, 2.24) is 9.80 Å². The standard InChI is InChI=1S/C11H20N2O3/c1-3-12(4-2)11(16)13-8-6-5-7-9(13)10(14)15/h9H,3-8H2,1-2H3,(H,14,15)/t9-/m1/s1. The third kappa shape index (κ3) is 2.65. The number of carbonyl (C=O) groups is 2. The van der Waals surface area contributed by atoms with E-state index < -0.39 is 12.0 Å². The van der Waals surface area contributed by atoms with Crippen LogP contribution in [0.15, 0.2) is 0 Å². The maximum absolute atomic E-state index is 12.1. The molecule has 5 nitrogen and oxygen atoms in total. The van der Waals surface area contributed by atoms with Crippen LogP contribution in [0.1, 0.15) is 33.1 Å². The molecule has 0 aromatic heterocycles. The van der Waals surface area contributed by atoms with Crippen molar-refractivity contribution in [2.75, 3.05) is 19.6 Å². The molecule has 0 aromatic carbocycles. The van der Waals surface area contributed by atoms with Gasteiger partial charge in [0.2, 0.25) is 0 Å². The Balaban J connectivity index is 2.74. The second kappa shape index (κ2) is 5.72. The average Bonchev–Trinajstić information content (AvgIpc) is 2.30. The molecule has 1 atom stereocenters. The zero-order valence-electron chi connectivity index (χ0n) is 9.98. The molecular formula is C11H20N2O3. The molecule has 1 heterocycles. The maximum atomic E-state index is 12.1. The second-order valence-electron chi connectivity index (χ2n) is 4.00. The zero-order chi connectivity index (χ0) is 12.1. The first-order valence-electron chi connectivity index (χ1n) is 5.90. The third-order valence-electron chi connectivity index (χ3n) is 3.07. The first-order chi connectivity index (χ1) is 7.61. The number of amides is 2. The lowest BCUT2D eigenvalue weighted by Crippen LogP contribution is -2.53. The summed E-state index contributed by atoms with van der Waals surface area (Å²) in [5.74, 6) is -0.889. The highest BCUT2D eigenvalue weighted by molar-refractivity contribution is 5.82. The van der Waals surface area contributed by atoms with Crippen LogP contribution in [0, 0.1) is 0 Å². The molecular weight excluding hydrogens is 208 g/mol. The van der Waals surface area contributed by atoms with Crippen LogP contribution in [-0.2, 0) is 4.79 Å². The lowest BCUT2D eigenvalue weighted by Gasteiger charge is -2.36. The van der Waals surface area contributed by atoms with Gasteiger partial charge >= 0.3 is 12.0 Å². The van der Waals surface area contributed by atoms with Crippen LogP contribution < -0.4 is 0 Å². The molecule has 2 amide bonds. The van der Waals surface area contributed by atoms with Gasteiger partial charge in [-0.3, -0.25) is 0 Å². The van der Waals surface area contributed by atoms with Gasteiger partial charge in [-0.15, -0.1) is 0 Å². The number of carbonyl (C=O) groups excluding carboxylic acids is 1. The van der Waals surface area contributed by atoms with E-state index in [1.54, 1.807) is 4.90 Å². The fourth-order valence-corrected chi connectivity index (χ4v) is 2.09. The minimum Gasteiger partial charge on any atom is -0.480 e. The molecule has 92 valence electrons. The topological polar surface area (TPSA) is 60.9 Å². The molecule has 0 spiro atoms. The van der Waals surface area contributed by atoms with E-state index in [1.165, 1.54) is 4.90 Å². The Kier molecular flexibility index (Phi) is 4.58. The molecule has 1 rings (SSSR count). The van der Waals surface area contributed by atoms with E-state index in [0.29, 0.717) is 26.1 Å². The van der Waals surface area contributed by atoms with E-state index in [1.807, 2.05) is 13.8 Å². The highest BCUT2D eigenvalue weighted by Crippen LogP contribution is 2.18. The molecule has 0 aliphatic carbocycles. The Morgan fingerprint density at radius 2 is 1.94 bits per heavy atom. The predicted molar refractivity (Wildman–Crippen MR) is 60.3 cm³/mol. The number of hydrogen-bond donors (Lipinski definition) is 1. The van der Waals surface area contributed by atoms with Gasteiger partial charge in [-0.05, 0) is 33.1 Å². The van der Waals surface area contributed by atoms with Crippen molar-refractivity contribution >= 4 is 12.0 Å². The number of carboxylic acid groups (broad SMARTS) is 1. The van der Waals surface area contributed by atoms with Crippen molar-refractivity contribution < 1.29 is 14.7 Å². The van der Waals surface area contributed by atoms with Crippen molar-refractivity contribution in [3.63, 3.8) is 0 Å². The fourth-order valence-electron chi connectivity index (χ4n) is 2.09. The Labute approximate surface area is 96.0 Å².